The molecule has 2 aromatic rings. The number of esters is 1. The van der Waals surface area contributed by atoms with Crippen LogP contribution in [0.4, 0.5) is 5.69 Å². The van der Waals surface area contributed by atoms with Crippen molar-refractivity contribution in [2.45, 2.75) is 33.6 Å². The van der Waals surface area contributed by atoms with Crippen LogP contribution in [-0.4, -0.2) is 66.2 Å². The molecule has 0 amide bonds. The first-order chi connectivity index (χ1) is 20.1. The minimum Gasteiger partial charge on any atom is -0.462 e. The molecule has 1 aliphatic heterocycles. The molecule has 4 rings (SSSR count). The Morgan fingerprint density at radius 3 is 2.44 bits per heavy atom. The fourth-order valence-electron chi connectivity index (χ4n) is 5.16. The number of rotatable bonds is 14. The maximum Gasteiger partial charge on any atom is 0.338 e. The van der Waals surface area contributed by atoms with Crippen molar-refractivity contribution >= 4 is 22.6 Å². The molecule has 0 aromatic heterocycles. The Morgan fingerprint density at radius 1 is 0.902 bits per heavy atom. The van der Waals surface area contributed by atoms with E-state index in [-0.39, 0.29) is 5.97 Å². The van der Waals surface area contributed by atoms with Crippen molar-refractivity contribution in [2.75, 3.05) is 65.1 Å². The highest BCUT2D eigenvalue weighted by atomic mass is 16.5. The quantitative estimate of drug-likeness (QED) is 0.0809. The van der Waals surface area contributed by atoms with E-state index in [0.717, 1.165) is 83.5 Å². The van der Waals surface area contributed by atoms with Gasteiger partial charge < -0.3 is 23.5 Å². The SMILES string of the molecule is CCCCOC(=O)c1ccccc1-c1c2cc/c(=[N+](/CC)CCOC)cc-2oc2cc(N(CC)CCOC)ccc12. The van der Waals surface area contributed by atoms with Crippen molar-refractivity contribution in [1.29, 1.82) is 0 Å². The second-order valence-electron chi connectivity index (χ2n) is 10.0. The van der Waals surface area contributed by atoms with Gasteiger partial charge in [-0.3, -0.25) is 0 Å². The highest BCUT2D eigenvalue weighted by Crippen LogP contribution is 2.42. The first-order valence-electron chi connectivity index (χ1n) is 14.6. The summed E-state index contributed by atoms with van der Waals surface area (Å²) in [6.07, 6.45) is 1.80. The number of benzene rings is 3. The third-order valence-electron chi connectivity index (χ3n) is 7.46. The first kappa shape index (κ1) is 30.3. The third-order valence-corrected chi connectivity index (χ3v) is 7.46. The lowest BCUT2D eigenvalue weighted by Crippen LogP contribution is -2.32. The van der Waals surface area contributed by atoms with Gasteiger partial charge in [0.2, 0.25) is 5.36 Å². The number of methoxy groups -OCH3 is 2. The molecule has 0 saturated heterocycles. The summed E-state index contributed by atoms with van der Waals surface area (Å²) < 4.78 is 25.2. The maximum absolute atomic E-state index is 13.3. The second kappa shape index (κ2) is 14.8. The van der Waals surface area contributed by atoms with Gasteiger partial charge in [-0.15, -0.1) is 0 Å². The van der Waals surface area contributed by atoms with Gasteiger partial charge in [0, 0.05) is 61.6 Å². The van der Waals surface area contributed by atoms with Crippen LogP contribution in [0.25, 0.3) is 33.4 Å². The zero-order valence-electron chi connectivity index (χ0n) is 25.1. The van der Waals surface area contributed by atoms with E-state index in [2.05, 4.69) is 66.6 Å². The number of carbonyl (C=O) groups excluding carboxylic acids is 1. The molecule has 7 heteroatoms. The number of likely N-dealkylation sites (N-methyl/N-ethyl adjacent to an activating group) is 2. The Labute approximate surface area is 243 Å². The molecule has 41 heavy (non-hydrogen) atoms. The second-order valence-corrected chi connectivity index (χ2v) is 10.0. The van der Waals surface area contributed by atoms with Crippen LogP contribution in [-0.2, 0) is 14.2 Å². The highest BCUT2D eigenvalue weighted by molar-refractivity contribution is 6.08. The molecule has 2 aliphatic rings. The number of hydrogen-bond acceptors (Lipinski definition) is 6. The van der Waals surface area contributed by atoms with E-state index in [4.69, 9.17) is 18.6 Å². The van der Waals surface area contributed by atoms with Crippen molar-refractivity contribution in [3.63, 3.8) is 0 Å². The Morgan fingerprint density at radius 2 is 1.71 bits per heavy atom. The molecule has 218 valence electrons. The molecule has 0 radical (unpaired) electrons. The lowest BCUT2D eigenvalue weighted by molar-refractivity contribution is 0.0500. The summed E-state index contributed by atoms with van der Waals surface area (Å²) >= 11 is 0. The van der Waals surface area contributed by atoms with Gasteiger partial charge in [-0.2, -0.15) is 0 Å². The predicted octanol–water partition coefficient (Wildman–Crippen LogP) is 6.07. The molecule has 0 atom stereocenters. The standard InChI is InChI=1S/C34H43N2O5/c1-6-9-20-40-34(37)28-13-11-10-12-27(28)33-29-16-14-25(35(7-2)18-21-38-4)23-31(29)41-32-24-26(15-17-30(32)33)36(8-3)19-22-39-5/h10-17,23-24H,6-9,18-22H2,1-5H3/q+1. The van der Waals surface area contributed by atoms with E-state index in [9.17, 15) is 4.79 Å². The predicted molar refractivity (Wildman–Crippen MR) is 166 cm³/mol. The normalized spacial score (nSPS) is 12.1. The number of fused-ring (bicyclic) bond motifs is 2. The molecule has 0 bridgehead atoms. The van der Waals surface area contributed by atoms with Gasteiger partial charge in [0.05, 0.1) is 24.8 Å². The molecule has 0 spiro atoms. The van der Waals surface area contributed by atoms with Crippen molar-refractivity contribution in [3.05, 3.63) is 71.6 Å². The fourth-order valence-corrected chi connectivity index (χ4v) is 5.16. The van der Waals surface area contributed by atoms with Crippen molar-refractivity contribution in [3.8, 4) is 22.5 Å². The van der Waals surface area contributed by atoms with E-state index < -0.39 is 0 Å². The van der Waals surface area contributed by atoms with Crippen molar-refractivity contribution < 1.29 is 23.4 Å². The minimum absolute atomic E-state index is 0.308. The molecule has 2 aromatic carbocycles. The molecule has 0 saturated carbocycles. The van der Waals surface area contributed by atoms with Crippen LogP contribution >= 0.6 is 0 Å². The Kier molecular flexibility index (Phi) is 10.9. The zero-order valence-corrected chi connectivity index (χ0v) is 25.1. The van der Waals surface area contributed by atoms with Gasteiger partial charge in [-0.05, 0) is 50.1 Å². The van der Waals surface area contributed by atoms with Gasteiger partial charge in [-0.1, -0.05) is 31.5 Å². The monoisotopic (exact) mass is 559 g/mol. The number of carbonyl (C=O) groups is 1. The number of ether oxygens (including phenoxy) is 3. The summed E-state index contributed by atoms with van der Waals surface area (Å²) in [5, 5.41) is 2.00. The summed E-state index contributed by atoms with van der Waals surface area (Å²) in [6, 6.07) is 20.3. The maximum atomic E-state index is 13.3. The van der Waals surface area contributed by atoms with Crippen LogP contribution in [0.1, 0.15) is 44.0 Å². The summed E-state index contributed by atoms with van der Waals surface area (Å²) in [7, 11) is 3.44. The van der Waals surface area contributed by atoms with Crippen molar-refractivity contribution in [2.24, 2.45) is 0 Å². The average molecular weight is 560 g/mol. The van der Waals surface area contributed by atoms with E-state index in [0.29, 0.717) is 25.4 Å². The zero-order chi connectivity index (χ0) is 29.2. The van der Waals surface area contributed by atoms with Gasteiger partial charge in [0.15, 0.2) is 6.54 Å². The molecule has 0 unspecified atom stereocenters. The van der Waals surface area contributed by atoms with Crippen LogP contribution in [0.5, 0.6) is 0 Å². The van der Waals surface area contributed by atoms with Crippen molar-refractivity contribution in [1.82, 2.24) is 4.58 Å². The smallest absolute Gasteiger partial charge is 0.338 e. The molecular weight excluding hydrogens is 516 g/mol. The van der Waals surface area contributed by atoms with Crippen LogP contribution in [0.2, 0.25) is 0 Å². The van der Waals surface area contributed by atoms with Crippen LogP contribution in [0, 0.1) is 0 Å². The van der Waals surface area contributed by atoms with E-state index in [1.165, 1.54) is 0 Å². The van der Waals surface area contributed by atoms with Crippen LogP contribution in [0.3, 0.4) is 0 Å². The Hall–Kier alpha value is -3.68. The largest absolute Gasteiger partial charge is 0.462 e. The van der Waals surface area contributed by atoms with E-state index in [1.54, 1.807) is 14.2 Å². The van der Waals surface area contributed by atoms with Gasteiger partial charge in [-0.25, -0.2) is 9.37 Å². The highest BCUT2D eigenvalue weighted by Gasteiger charge is 2.23. The number of nitrogens with zero attached hydrogens (tertiary/aromatic N) is 2. The fraction of sp³-hybridized carbons (Fsp3) is 0.412. The van der Waals surface area contributed by atoms with Crippen LogP contribution < -0.4 is 14.8 Å². The van der Waals surface area contributed by atoms with Gasteiger partial charge in [0.1, 0.15) is 24.5 Å². The molecule has 0 N–H and O–H groups in total. The average Bonchev–Trinajstić information content (AvgIpc) is 3.00. The number of unbranched alkanes of at least 4 members (excludes halogenated alkanes) is 1. The topological polar surface area (TPSA) is 64.2 Å². The summed E-state index contributed by atoms with van der Waals surface area (Å²) in [5.74, 6) is 0.449. The minimum atomic E-state index is -0.308. The number of hydrogen-bond donors (Lipinski definition) is 0. The summed E-state index contributed by atoms with van der Waals surface area (Å²) in [4.78, 5) is 15.5. The van der Waals surface area contributed by atoms with Gasteiger partial charge in [0.25, 0.3) is 0 Å². The third kappa shape index (κ3) is 6.97. The van der Waals surface area contributed by atoms with E-state index in [1.807, 2.05) is 24.3 Å². The van der Waals surface area contributed by atoms with Crippen LogP contribution in [0.15, 0.2) is 65.1 Å². The lowest BCUT2D eigenvalue weighted by atomic mass is 9.90. The lowest BCUT2D eigenvalue weighted by Gasteiger charge is -2.24. The van der Waals surface area contributed by atoms with Gasteiger partial charge >= 0.3 is 5.97 Å². The first-order valence-corrected chi connectivity index (χ1v) is 14.6. The summed E-state index contributed by atoms with van der Waals surface area (Å²) in [6.45, 7) is 11.3. The summed E-state index contributed by atoms with van der Waals surface area (Å²) in [5.41, 5.74) is 5.10. The molecule has 0 fully saturated rings. The molecular formula is C34H43N2O5+. The van der Waals surface area contributed by atoms with E-state index >= 15 is 0 Å². The Balaban J connectivity index is 1.98. The molecule has 1 heterocycles. The Bertz CT molecular complexity index is 1490. The molecule has 7 nitrogen and oxygen atoms in total. The molecule has 1 aliphatic carbocycles. The number of anilines is 1.